The lowest BCUT2D eigenvalue weighted by Crippen LogP contribution is -2.16. The molecule has 2 aliphatic carbocycles. The Morgan fingerprint density at radius 2 is 1.76 bits per heavy atom. The fraction of sp³-hybridized carbons (Fsp3) is 0.474. The normalized spacial score (nSPS) is 15.2. The maximum Gasteiger partial charge on any atom is 0.376 e. The molecule has 0 radical (unpaired) electrons. The predicted octanol–water partition coefficient (Wildman–Crippen LogP) is 3.16. The summed E-state index contributed by atoms with van der Waals surface area (Å²) in [5.74, 6) is -0.0838. The average Bonchev–Trinajstić information content (AvgIpc) is 3.23. The van der Waals surface area contributed by atoms with E-state index in [9.17, 15) is 4.79 Å². The van der Waals surface area contributed by atoms with Crippen LogP contribution in [0.25, 0.3) is 0 Å². The van der Waals surface area contributed by atoms with Gasteiger partial charge in [0.1, 0.15) is 6.33 Å². The molecule has 1 aromatic heterocycles. The Morgan fingerprint density at radius 3 is 2.40 bits per heavy atom. The van der Waals surface area contributed by atoms with Crippen LogP contribution in [0.5, 0.6) is 0 Å². The molecular weight excluding hydrogens is 316 g/mol. The van der Waals surface area contributed by atoms with E-state index in [1.54, 1.807) is 13.8 Å². The molecule has 0 fully saturated rings. The van der Waals surface area contributed by atoms with Crippen LogP contribution < -0.4 is 5.32 Å². The number of hydrogen-bond donors (Lipinski definition) is 1. The van der Waals surface area contributed by atoms with E-state index in [0.717, 1.165) is 31.4 Å². The lowest BCUT2D eigenvalue weighted by molar-refractivity contribution is 0.0363. The van der Waals surface area contributed by atoms with E-state index in [1.807, 2.05) is 0 Å². The van der Waals surface area contributed by atoms with Crippen LogP contribution in [-0.2, 0) is 30.4 Å². The van der Waals surface area contributed by atoms with Gasteiger partial charge in [0.2, 0.25) is 11.8 Å². The van der Waals surface area contributed by atoms with Crippen LogP contribution in [0.3, 0.4) is 0 Å². The molecule has 0 amide bonds. The van der Waals surface area contributed by atoms with Crippen LogP contribution >= 0.6 is 0 Å². The van der Waals surface area contributed by atoms with Crippen molar-refractivity contribution in [3.8, 4) is 0 Å². The molecule has 0 unspecified atom stereocenters. The van der Waals surface area contributed by atoms with Gasteiger partial charge in [0.15, 0.2) is 0 Å². The Bertz CT molecular complexity index is 800. The van der Waals surface area contributed by atoms with Crippen molar-refractivity contribution in [3.05, 3.63) is 40.5 Å². The minimum atomic E-state index is -0.524. The molecule has 0 atom stereocenters. The predicted molar refractivity (Wildman–Crippen MR) is 94.2 cm³/mol. The first kappa shape index (κ1) is 16.0. The van der Waals surface area contributed by atoms with Crippen LogP contribution in [0.4, 0.5) is 11.6 Å². The van der Waals surface area contributed by atoms with E-state index in [4.69, 9.17) is 4.74 Å². The molecule has 0 aliphatic heterocycles. The van der Waals surface area contributed by atoms with Gasteiger partial charge in [0.05, 0.1) is 6.10 Å². The summed E-state index contributed by atoms with van der Waals surface area (Å²) in [7, 11) is 0. The van der Waals surface area contributed by atoms with Gasteiger partial charge in [-0.25, -0.2) is 14.8 Å². The standard InChI is InChI=1S/C19H22N4O2/c1-11(2)25-18(24)17-20-10-21-19(23-17)22-16-14-7-3-5-12(14)9-13-6-4-8-15(13)16/h9-11H,3-8H2,1-2H3,(H,20,21,22,23). The topological polar surface area (TPSA) is 77.0 Å². The highest BCUT2D eigenvalue weighted by atomic mass is 16.5. The highest BCUT2D eigenvalue weighted by Crippen LogP contribution is 2.39. The van der Waals surface area contributed by atoms with Crippen molar-refractivity contribution in [2.24, 2.45) is 0 Å². The highest BCUT2D eigenvalue weighted by molar-refractivity contribution is 5.85. The third kappa shape index (κ3) is 3.08. The molecule has 4 rings (SSSR count). The number of rotatable bonds is 4. The van der Waals surface area contributed by atoms with E-state index in [1.165, 1.54) is 41.4 Å². The average molecular weight is 338 g/mol. The summed E-state index contributed by atoms with van der Waals surface area (Å²) in [5.41, 5.74) is 6.80. The minimum Gasteiger partial charge on any atom is -0.457 e. The van der Waals surface area contributed by atoms with Crippen molar-refractivity contribution in [2.45, 2.75) is 58.5 Å². The first-order valence-electron chi connectivity index (χ1n) is 8.95. The number of nitrogens with one attached hydrogen (secondary N) is 1. The minimum absolute atomic E-state index is 0.0374. The number of benzene rings is 1. The molecule has 130 valence electrons. The molecule has 0 saturated heterocycles. The lowest BCUT2D eigenvalue weighted by Gasteiger charge is -2.16. The summed E-state index contributed by atoms with van der Waals surface area (Å²) in [4.78, 5) is 24.4. The smallest absolute Gasteiger partial charge is 0.376 e. The first-order chi connectivity index (χ1) is 12.1. The van der Waals surface area contributed by atoms with Crippen molar-refractivity contribution in [3.63, 3.8) is 0 Å². The van der Waals surface area contributed by atoms with Gasteiger partial charge in [0, 0.05) is 5.69 Å². The van der Waals surface area contributed by atoms with Crippen molar-refractivity contribution in [2.75, 3.05) is 5.32 Å². The van der Waals surface area contributed by atoms with Crippen LogP contribution in [0.1, 0.15) is 59.6 Å². The van der Waals surface area contributed by atoms with Crippen LogP contribution in [-0.4, -0.2) is 27.0 Å². The molecule has 0 bridgehead atoms. The second-order valence-corrected chi connectivity index (χ2v) is 6.95. The molecule has 2 aliphatic rings. The summed E-state index contributed by atoms with van der Waals surface area (Å²) >= 11 is 0. The molecule has 6 nitrogen and oxygen atoms in total. The second-order valence-electron chi connectivity index (χ2n) is 6.95. The molecule has 0 spiro atoms. The van der Waals surface area contributed by atoms with E-state index in [2.05, 4.69) is 26.3 Å². The molecular formula is C19H22N4O2. The number of esters is 1. The summed E-state index contributed by atoms with van der Waals surface area (Å²) in [6.45, 7) is 3.60. The third-order valence-electron chi connectivity index (χ3n) is 4.81. The summed E-state index contributed by atoms with van der Waals surface area (Å²) in [6.07, 6.45) is 7.97. The lowest BCUT2D eigenvalue weighted by atomic mass is 9.99. The fourth-order valence-corrected chi connectivity index (χ4v) is 3.80. The number of nitrogens with zero attached hydrogens (tertiary/aromatic N) is 3. The Balaban J connectivity index is 1.67. The van der Waals surface area contributed by atoms with Crippen LogP contribution in [0.2, 0.25) is 0 Å². The fourth-order valence-electron chi connectivity index (χ4n) is 3.80. The number of aryl methyl sites for hydroxylation is 2. The van der Waals surface area contributed by atoms with Gasteiger partial charge in [-0.05, 0) is 74.6 Å². The van der Waals surface area contributed by atoms with Gasteiger partial charge in [0.25, 0.3) is 0 Å². The molecule has 1 aromatic carbocycles. The largest absolute Gasteiger partial charge is 0.457 e. The molecule has 25 heavy (non-hydrogen) atoms. The van der Waals surface area contributed by atoms with Crippen molar-refractivity contribution >= 4 is 17.6 Å². The summed E-state index contributed by atoms with van der Waals surface area (Å²) < 4.78 is 5.17. The number of anilines is 2. The van der Waals surface area contributed by atoms with Gasteiger partial charge in [-0.2, -0.15) is 4.98 Å². The number of carbonyl (C=O) groups excluding carboxylic acids is 1. The zero-order chi connectivity index (χ0) is 17.4. The van der Waals surface area contributed by atoms with Gasteiger partial charge >= 0.3 is 5.97 Å². The van der Waals surface area contributed by atoms with Gasteiger partial charge < -0.3 is 10.1 Å². The number of fused-ring (bicyclic) bond motifs is 2. The van der Waals surface area contributed by atoms with Crippen LogP contribution in [0.15, 0.2) is 12.4 Å². The maximum atomic E-state index is 12.0. The van der Waals surface area contributed by atoms with E-state index in [0.29, 0.717) is 5.95 Å². The van der Waals surface area contributed by atoms with E-state index >= 15 is 0 Å². The number of hydrogen-bond acceptors (Lipinski definition) is 6. The monoisotopic (exact) mass is 338 g/mol. The Labute approximate surface area is 147 Å². The van der Waals surface area contributed by atoms with Crippen molar-refractivity contribution in [1.29, 1.82) is 0 Å². The van der Waals surface area contributed by atoms with Gasteiger partial charge in [-0.15, -0.1) is 0 Å². The second kappa shape index (κ2) is 6.43. The zero-order valence-corrected chi connectivity index (χ0v) is 14.6. The van der Waals surface area contributed by atoms with Gasteiger partial charge in [-0.3, -0.25) is 0 Å². The highest BCUT2D eigenvalue weighted by Gasteiger charge is 2.24. The van der Waals surface area contributed by atoms with E-state index < -0.39 is 5.97 Å². The molecule has 1 heterocycles. The van der Waals surface area contributed by atoms with Gasteiger partial charge in [-0.1, -0.05) is 6.07 Å². The number of aromatic nitrogens is 3. The molecule has 0 saturated carbocycles. The zero-order valence-electron chi connectivity index (χ0n) is 14.6. The van der Waals surface area contributed by atoms with Crippen LogP contribution in [0, 0.1) is 0 Å². The number of ether oxygens (including phenoxy) is 1. The Morgan fingerprint density at radius 1 is 1.08 bits per heavy atom. The number of carbonyl (C=O) groups is 1. The summed E-state index contributed by atoms with van der Waals surface area (Å²) in [6, 6.07) is 2.38. The van der Waals surface area contributed by atoms with Crippen molar-refractivity contribution in [1.82, 2.24) is 15.0 Å². The Kier molecular flexibility index (Phi) is 4.11. The molecule has 1 N–H and O–H groups in total. The third-order valence-corrected chi connectivity index (χ3v) is 4.81. The molecule has 2 aromatic rings. The quantitative estimate of drug-likeness (QED) is 0.863. The SMILES string of the molecule is CC(C)OC(=O)c1ncnc(Nc2c3c(cc4c2CCC4)CCC3)n1. The molecule has 6 heteroatoms. The van der Waals surface area contributed by atoms with Crippen molar-refractivity contribution < 1.29 is 9.53 Å². The Hall–Kier alpha value is -2.50. The maximum absolute atomic E-state index is 12.0. The summed E-state index contributed by atoms with van der Waals surface area (Å²) in [5, 5.41) is 3.38. The van der Waals surface area contributed by atoms with E-state index in [-0.39, 0.29) is 11.9 Å². The first-order valence-corrected chi connectivity index (χ1v) is 8.95.